The van der Waals surface area contributed by atoms with Crippen molar-refractivity contribution in [2.24, 2.45) is 0 Å². The van der Waals surface area contributed by atoms with E-state index in [1.165, 1.54) is 0 Å². The molecule has 0 saturated heterocycles. The van der Waals surface area contributed by atoms with Gasteiger partial charge in [-0.2, -0.15) is 10.2 Å². The Kier molecular flexibility index (Phi) is 5.58. The Morgan fingerprint density at radius 3 is 2.72 bits per heavy atom. The second kappa shape index (κ2) is 8.62. The molecule has 4 aromatic rings. The lowest BCUT2D eigenvalue weighted by Gasteiger charge is -2.07. The largest absolute Gasteiger partial charge is 0.471 e. The molecule has 0 bridgehead atoms. The number of para-hydroxylation sites is 1. The number of ether oxygens (including phenoxy) is 1. The summed E-state index contributed by atoms with van der Waals surface area (Å²) in [5.41, 5.74) is 1.98. The molecule has 2 heterocycles. The van der Waals surface area contributed by atoms with E-state index in [0.29, 0.717) is 22.9 Å². The second-order valence-corrected chi connectivity index (χ2v) is 6.77. The van der Waals surface area contributed by atoms with Crippen LogP contribution in [0, 0.1) is 0 Å². The summed E-state index contributed by atoms with van der Waals surface area (Å²) in [4.78, 5) is 12.5. The smallest absolute Gasteiger partial charge is 0.276 e. The topological polar surface area (TPSA) is 74.0 Å². The van der Waals surface area contributed by atoms with Gasteiger partial charge in [0.15, 0.2) is 12.4 Å². The molecular weight excluding hydrogens is 390 g/mol. The van der Waals surface area contributed by atoms with E-state index in [1.807, 2.05) is 54.6 Å². The first-order valence-corrected chi connectivity index (χ1v) is 9.33. The van der Waals surface area contributed by atoms with E-state index in [0.717, 1.165) is 11.3 Å². The molecule has 4 rings (SSSR count). The Bertz CT molecular complexity index is 1110. The maximum atomic E-state index is 12.5. The lowest BCUT2D eigenvalue weighted by atomic mass is 10.2. The van der Waals surface area contributed by atoms with Gasteiger partial charge in [0.1, 0.15) is 5.75 Å². The zero-order valence-corrected chi connectivity index (χ0v) is 16.2. The van der Waals surface area contributed by atoms with Gasteiger partial charge < -0.3 is 10.1 Å². The van der Waals surface area contributed by atoms with Crippen LogP contribution in [0.25, 0.3) is 0 Å². The first-order chi connectivity index (χ1) is 14.2. The van der Waals surface area contributed by atoms with Crippen molar-refractivity contribution in [1.29, 1.82) is 0 Å². The molecule has 29 heavy (non-hydrogen) atoms. The first-order valence-electron chi connectivity index (χ1n) is 8.95. The normalized spacial score (nSPS) is 10.7. The molecule has 0 spiro atoms. The van der Waals surface area contributed by atoms with Crippen LogP contribution in [-0.4, -0.2) is 25.5 Å². The quantitative estimate of drug-likeness (QED) is 0.501. The minimum Gasteiger partial charge on any atom is -0.471 e. The number of aromatic nitrogens is 4. The molecular formula is C21H18ClN5O2. The SMILES string of the molecule is O=C(Nc1cccc(Cn2cc(Cl)cn2)c1)c1ccn(COc2ccccc2)n1. The fourth-order valence-electron chi connectivity index (χ4n) is 2.77. The summed E-state index contributed by atoms with van der Waals surface area (Å²) in [6.07, 6.45) is 5.04. The third-order valence-corrected chi connectivity index (χ3v) is 4.31. The van der Waals surface area contributed by atoms with Gasteiger partial charge in [0, 0.05) is 18.1 Å². The average Bonchev–Trinajstić information content (AvgIpc) is 3.36. The van der Waals surface area contributed by atoms with Crippen LogP contribution in [0.5, 0.6) is 5.75 Å². The first kappa shape index (κ1) is 18.8. The fourth-order valence-corrected chi connectivity index (χ4v) is 2.92. The minimum atomic E-state index is -0.289. The number of nitrogens with one attached hydrogen (secondary N) is 1. The molecule has 0 aliphatic carbocycles. The van der Waals surface area contributed by atoms with Gasteiger partial charge in [0.05, 0.1) is 17.8 Å². The van der Waals surface area contributed by atoms with Crippen molar-refractivity contribution in [2.75, 3.05) is 5.32 Å². The van der Waals surface area contributed by atoms with E-state index in [1.54, 1.807) is 34.0 Å². The number of carbonyl (C=O) groups is 1. The minimum absolute atomic E-state index is 0.221. The maximum Gasteiger partial charge on any atom is 0.276 e. The molecule has 0 unspecified atom stereocenters. The molecule has 0 aliphatic heterocycles. The molecule has 1 amide bonds. The number of anilines is 1. The molecule has 1 N–H and O–H groups in total. The summed E-state index contributed by atoms with van der Waals surface area (Å²) < 4.78 is 8.93. The molecule has 8 heteroatoms. The van der Waals surface area contributed by atoms with Gasteiger partial charge in [-0.3, -0.25) is 9.48 Å². The zero-order chi connectivity index (χ0) is 20.1. The summed E-state index contributed by atoms with van der Waals surface area (Å²) in [6, 6.07) is 18.6. The van der Waals surface area contributed by atoms with E-state index < -0.39 is 0 Å². The molecule has 0 saturated carbocycles. The highest BCUT2D eigenvalue weighted by molar-refractivity contribution is 6.30. The van der Waals surface area contributed by atoms with Crippen LogP contribution < -0.4 is 10.1 Å². The number of amides is 1. The van der Waals surface area contributed by atoms with E-state index in [9.17, 15) is 4.79 Å². The maximum absolute atomic E-state index is 12.5. The Balaban J connectivity index is 1.37. The third-order valence-electron chi connectivity index (χ3n) is 4.11. The van der Waals surface area contributed by atoms with Crippen LogP contribution >= 0.6 is 11.6 Å². The summed E-state index contributed by atoms with van der Waals surface area (Å²) in [6.45, 7) is 0.779. The standard InChI is InChI=1S/C21H18ClN5O2/c22-17-12-23-27(14-17)13-16-5-4-6-18(11-16)24-21(28)20-9-10-26(25-20)15-29-19-7-2-1-3-8-19/h1-12,14H,13,15H2,(H,24,28). The van der Waals surface area contributed by atoms with Crippen molar-refractivity contribution < 1.29 is 9.53 Å². The van der Waals surface area contributed by atoms with Crippen molar-refractivity contribution in [1.82, 2.24) is 19.6 Å². The Morgan fingerprint density at radius 2 is 1.93 bits per heavy atom. The number of benzene rings is 2. The molecule has 0 atom stereocenters. The summed E-state index contributed by atoms with van der Waals surface area (Å²) in [5, 5.41) is 11.9. The number of carbonyl (C=O) groups excluding carboxylic acids is 1. The predicted molar refractivity (Wildman–Crippen MR) is 110 cm³/mol. The van der Waals surface area contributed by atoms with Crippen molar-refractivity contribution in [3.63, 3.8) is 0 Å². The second-order valence-electron chi connectivity index (χ2n) is 6.34. The summed E-state index contributed by atoms with van der Waals surface area (Å²) in [7, 11) is 0. The Morgan fingerprint density at radius 1 is 1.07 bits per heavy atom. The molecule has 0 fully saturated rings. The molecule has 7 nitrogen and oxygen atoms in total. The van der Waals surface area contributed by atoms with Crippen molar-refractivity contribution in [3.8, 4) is 5.75 Å². The monoisotopic (exact) mass is 407 g/mol. The van der Waals surface area contributed by atoms with Crippen LogP contribution in [-0.2, 0) is 13.3 Å². The Hall–Kier alpha value is -3.58. The van der Waals surface area contributed by atoms with Gasteiger partial charge in [0.25, 0.3) is 5.91 Å². The van der Waals surface area contributed by atoms with Gasteiger partial charge in [-0.25, -0.2) is 4.68 Å². The van der Waals surface area contributed by atoms with E-state index in [4.69, 9.17) is 16.3 Å². The lowest BCUT2D eigenvalue weighted by molar-refractivity contribution is 0.102. The zero-order valence-electron chi connectivity index (χ0n) is 15.4. The average molecular weight is 408 g/mol. The third kappa shape index (κ3) is 5.03. The van der Waals surface area contributed by atoms with Crippen LogP contribution in [0.1, 0.15) is 16.1 Å². The van der Waals surface area contributed by atoms with Crippen molar-refractivity contribution in [2.45, 2.75) is 13.3 Å². The molecule has 0 aliphatic rings. The molecule has 146 valence electrons. The van der Waals surface area contributed by atoms with Gasteiger partial charge >= 0.3 is 0 Å². The highest BCUT2D eigenvalue weighted by Crippen LogP contribution is 2.14. The number of nitrogens with zero attached hydrogens (tertiary/aromatic N) is 4. The molecule has 0 radical (unpaired) electrons. The van der Waals surface area contributed by atoms with Gasteiger partial charge in [0.2, 0.25) is 0 Å². The fraction of sp³-hybridized carbons (Fsp3) is 0.0952. The van der Waals surface area contributed by atoms with Crippen LogP contribution in [0.3, 0.4) is 0 Å². The number of hydrogen-bond acceptors (Lipinski definition) is 4. The van der Waals surface area contributed by atoms with Gasteiger partial charge in [-0.05, 0) is 35.9 Å². The number of rotatable bonds is 7. The van der Waals surface area contributed by atoms with Gasteiger partial charge in [-0.1, -0.05) is 41.9 Å². The van der Waals surface area contributed by atoms with Crippen molar-refractivity contribution >= 4 is 23.2 Å². The van der Waals surface area contributed by atoms with E-state index in [2.05, 4.69) is 15.5 Å². The van der Waals surface area contributed by atoms with Crippen molar-refractivity contribution in [3.05, 3.63) is 95.5 Å². The summed E-state index contributed by atoms with van der Waals surface area (Å²) in [5.74, 6) is 0.451. The highest BCUT2D eigenvalue weighted by atomic mass is 35.5. The lowest BCUT2D eigenvalue weighted by Crippen LogP contribution is -2.14. The van der Waals surface area contributed by atoms with Crippen LogP contribution in [0.4, 0.5) is 5.69 Å². The predicted octanol–water partition coefficient (Wildman–Crippen LogP) is 4.07. The molecule has 2 aromatic carbocycles. The van der Waals surface area contributed by atoms with E-state index in [-0.39, 0.29) is 12.6 Å². The van der Waals surface area contributed by atoms with Crippen LogP contribution in [0.2, 0.25) is 5.02 Å². The highest BCUT2D eigenvalue weighted by Gasteiger charge is 2.10. The van der Waals surface area contributed by atoms with Gasteiger partial charge in [-0.15, -0.1) is 0 Å². The summed E-state index contributed by atoms with van der Waals surface area (Å²) >= 11 is 5.90. The number of halogens is 1. The van der Waals surface area contributed by atoms with E-state index >= 15 is 0 Å². The number of hydrogen-bond donors (Lipinski definition) is 1. The Labute approximate surface area is 172 Å². The molecule has 2 aromatic heterocycles. The van der Waals surface area contributed by atoms with Crippen LogP contribution in [0.15, 0.2) is 79.3 Å².